The lowest BCUT2D eigenvalue weighted by Crippen LogP contribution is -2.50. The lowest BCUT2D eigenvalue weighted by molar-refractivity contribution is -0.143. The third-order valence-electron chi connectivity index (χ3n) is 5.20. The molecule has 0 fully saturated rings. The number of hydrogen-bond acceptors (Lipinski definition) is 3. The summed E-state index contributed by atoms with van der Waals surface area (Å²) in [5.41, 5.74) is 4.17. The van der Waals surface area contributed by atoms with Crippen LogP contribution in [0.2, 0.25) is 0 Å². The normalized spacial score (nSPS) is 11.8. The van der Waals surface area contributed by atoms with Gasteiger partial charge in [-0.05, 0) is 55.9 Å². The van der Waals surface area contributed by atoms with Gasteiger partial charge < -0.3 is 15.0 Å². The van der Waals surface area contributed by atoms with E-state index in [-0.39, 0.29) is 18.4 Å². The highest BCUT2D eigenvalue weighted by molar-refractivity contribution is 5.88. The number of nitrogens with zero attached hydrogens (tertiary/aromatic N) is 1. The molecule has 1 N–H and O–H groups in total. The third kappa shape index (κ3) is 7.42. The number of benzene rings is 2. The van der Waals surface area contributed by atoms with E-state index in [4.69, 9.17) is 4.74 Å². The van der Waals surface area contributed by atoms with E-state index in [9.17, 15) is 9.59 Å². The lowest BCUT2D eigenvalue weighted by atomic mass is 10.1. The van der Waals surface area contributed by atoms with E-state index in [1.54, 1.807) is 4.90 Å². The maximum absolute atomic E-state index is 13.3. The first-order valence-corrected chi connectivity index (χ1v) is 11.0. The van der Waals surface area contributed by atoms with Crippen molar-refractivity contribution in [3.63, 3.8) is 0 Å². The summed E-state index contributed by atoms with van der Waals surface area (Å²) in [7, 11) is 0. The van der Waals surface area contributed by atoms with E-state index in [1.165, 1.54) is 0 Å². The van der Waals surface area contributed by atoms with Gasteiger partial charge in [0.05, 0.1) is 0 Å². The molecule has 0 aliphatic heterocycles. The van der Waals surface area contributed by atoms with Crippen molar-refractivity contribution in [1.82, 2.24) is 10.2 Å². The van der Waals surface area contributed by atoms with Gasteiger partial charge in [-0.15, -0.1) is 0 Å². The summed E-state index contributed by atoms with van der Waals surface area (Å²) in [5, 5.41) is 2.98. The van der Waals surface area contributed by atoms with Gasteiger partial charge in [0.15, 0.2) is 6.61 Å². The fraction of sp³-hybridized carbons (Fsp3) is 0.462. The van der Waals surface area contributed by atoms with Gasteiger partial charge in [-0.1, -0.05) is 62.7 Å². The minimum absolute atomic E-state index is 0.107. The Labute approximate surface area is 186 Å². The van der Waals surface area contributed by atoms with Gasteiger partial charge in [-0.2, -0.15) is 0 Å². The molecule has 0 saturated heterocycles. The van der Waals surface area contributed by atoms with Crippen molar-refractivity contribution in [2.75, 3.05) is 13.2 Å². The van der Waals surface area contributed by atoms with Gasteiger partial charge in [0.1, 0.15) is 11.8 Å². The molecule has 2 amide bonds. The Kier molecular flexibility index (Phi) is 9.10. The number of nitrogens with one attached hydrogen (secondary N) is 1. The highest BCUT2D eigenvalue weighted by Crippen LogP contribution is 2.20. The summed E-state index contributed by atoms with van der Waals surface area (Å²) < 4.78 is 5.87. The first-order valence-electron chi connectivity index (χ1n) is 11.0. The standard InChI is InChI=1S/C26H36N2O3/c1-7-23(26(30)27-15-18(2)3)28(16-22-10-8-9-19(4)13-22)25(29)17-31-24-14-20(5)11-12-21(24)6/h8-14,18,23H,7,15-17H2,1-6H3,(H,27,30)/t23-/m1/s1. The average Bonchev–Trinajstić information content (AvgIpc) is 2.72. The summed E-state index contributed by atoms with van der Waals surface area (Å²) in [6.45, 7) is 12.8. The Morgan fingerprint density at radius 2 is 1.74 bits per heavy atom. The van der Waals surface area contributed by atoms with E-state index in [1.807, 2.05) is 70.2 Å². The number of carbonyl (C=O) groups excluding carboxylic acids is 2. The van der Waals surface area contributed by atoms with Crippen molar-refractivity contribution in [1.29, 1.82) is 0 Å². The number of aryl methyl sites for hydroxylation is 3. The Bertz CT molecular complexity index is 892. The maximum Gasteiger partial charge on any atom is 0.261 e. The number of rotatable bonds is 10. The summed E-state index contributed by atoms with van der Waals surface area (Å²) in [6.07, 6.45) is 0.533. The summed E-state index contributed by atoms with van der Waals surface area (Å²) in [5.74, 6) is 0.717. The van der Waals surface area contributed by atoms with Crippen LogP contribution in [0.5, 0.6) is 5.75 Å². The van der Waals surface area contributed by atoms with Gasteiger partial charge >= 0.3 is 0 Å². The topological polar surface area (TPSA) is 58.6 Å². The molecule has 2 rings (SSSR count). The number of carbonyl (C=O) groups is 2. The van der Waals surface area contributed by atoms with Crippen LogP contribution in [0.1, 0.15) is 49.4 Å². The largest absolute Gasteiger partial charge is 0.483 e. The van der Waals surface area contributed by atoms with Crippen LogP contribution in [0, 0.1) is 26.7 Å². The maximum atomic E-state index is 13.3. The summed E-state index contributed by atoms with van der Waals surface area (Å²) >= 11 is 0. The van der Waals surface area contributed by atoms with Crippen LogP contribution in [0.3, 0.4) is 0 Å². The van der Waals surface area contributed by atoms with Crippen LogP contribution < -0.4 is 10.1 Å². The van der Waals surface area contributed by atoms with Crippen molar-refractivity contribution >= 4 is 11.8 Å². The molecule has 0 bridgehead atoms. The smallest absolute Gasteiger partial charge is 0.261 e. The van der Waals surface area contributed by atoms with Crippen LogP contribution in [-0.4, -0.2) is 35.9 Å². The second kappa shape index (κ2) is 11.5. The zero-order valence-corrected chi connectivity index (χ0v) is 19.7. The van der Waals surface area contributed by atoms with Gasteiger partial charge in [-0.25, -0.2) is 0 Å². The van der Waals surface area contributed by atoms with Crippen molar-refractivity contribution in [3.8, 4) is 5.75 Å². The van der Waals surface area contributed by atoms with Crippen LogP contribution in [0.15, 0.2) is 42.5 Å². The van der Waals surface area contributed by atoms with Crippen molar-refractivity contribution in [3.05, 3.63) is 64.7 Å². The number of amides is 2. The van der Waals surface area contributed by atoms with E-state index >= 15 is 0 Å². The molecule has 0 heterocycles. The zero-order valence-electron chi connectivity index (χ0n) is 19.7. The molecule has 0 saturated carbocycles. The van der Waals surface area contributed by atoms with Gasteiger partial charge in [0.2, 0.25) is 5.91 Å². The van der Waals surface area contributed by atoms with Gasteiger partial charge in [0.25, 0.3) is 5.91 Å². The minimum Gasteiger partial charge on any atom is -0.483 e. The van der Waals surface area contributed by atoms with Gasteiger partial charge in [0, 0.05) is 13.1 Å². The van der Waals surface area contributed by atoms with E-state index in [2.05, 4.69) is 19.2 Å². The molecule has 0 aliphatic carbocycles. The molecule has 2 aromatic rings. The SMILES string of the molecule is CC[C@H](C(=O)NCC(C)C)N(Cc1cccc(C)c1)C(=O)COc1cc(C)ccc1C. The molecule has 1 atom stereocenters. The van der Waals surface area contributed by atoms with Crippen molar-refractivity contribution in [2.45, 2.75) is 60.5 Å². The number of ether oxygens (including phenoxy) is 1. The molecule has 0 aliphatic rings. The quantitative estimate of drug-likeness (QED) is 0.608. The van der Waals surface area contributed by atoms with E-state index < -0.39 is 6.04 Å². The predicted molar refractivity (Wildman–Crippen MR) is 125 cm³/mol. The third-order valence-corrected chi connectivity index (χ3v) is 5.20. The highest BCUT2D eigenvalue weighted by Gasteiger charge is 2.29. The molecule has 168 valence electrons. The second-order valence-electron chi connectivity index (χ2n) is 8.63. The molecule has 31 heavy (non-hydrogen) atoms. The Morgan fingerprint density at radius 1 is 1.03 bits per heavy atom. The first-order chi connectivity index (χ1) is 14.7. The molecule has 0 spiro atoms. The zero-order chi connectivity index (χ0) is 23.0. The lowest BCUT2D eigenvalue weighted by Gasteiger charge is -2.31. The van der Waals surface area contributed by atoms with Crippen LogP contribution in [0.4, 0.5) is 0 Å². The van der Waals surface area contributed by atoms with E-state index in [0.717, 1.165) is 22.3 Å². The van der Waals surface area contributed by atoms with Crippen LogP contribution in [-0.2, 0) is 16.1 Å². The summed E-state index contributed by atoms with van der Waals surface area (Å²) in [6, 6.07) is 13.4. The number of hydrogen-bond donors (Lipinski definition) is 1. The molecule has 5 heteroatoms. The fourth-order valence-corrected chi connectivity index (χ4v) is 3.43. The molecular formula is C26H36N2O3. The Morgan fingerprint density at radius 3 is 2.39 bits per heavy atom. The first kappa shape index (κ1) is 24.4. The Hall–Kier alpha value is -2.82. The van der Waals surface area contributed by atoms with E-state index in [0.29, 0.717) is 31.2 Å². The molecule has 0 unspecified atom stereocenters. The highest BCUT2D eigenvalue weighted by atomic mass is 16.5. The Balaban J connectivity index is 2.23. The van der Waals surface area contributed by atoms with Crippen LogP contribution in [0.25, 0.3) is 0 Å². The summed E-state index contributed by atoms with van der Waals surface area (Å²) in [4.78, 5) is 27.8. The fourth-order valence-electron chi connectivity index (χ4n) is 3.43. The minimum atomic E-state index is -0.547. The van der Waals surface area contributed by atoms with Crippen molar-refractivity contribution < 1.29 is 14.3 Å². The molecule has 0 radical (unpaired) electrons. The molecule has 0 aromatic heterocycles. The molecule has 5 nitrogen and oxygen atoms in total. The molecular weight excluding hydrogens is 388 g/mol. The van der Waals surface area contributed by atoms with Crippen LogP contribution >= 0.6 is 0 Å². The predicted octanol–water partition coefficient (Wildman–Crippen LogP) is 4.57. The van der Waals surface area contributed by atoms with Crippen molar-refractivity contribution in [2.24, 2.45) is 5.92 Å². The second-order valence-corrected chi connectivity index (χ2v) is 8.63. The monoisotopic (exact) mass is 424 g/mol. The molecule has 2 aromatic carbocycles. The van der Waals surface area contributed by atoms with Gasteiger partial charge in [-0.3, -0.25) is 9.59 Å². The average molecular weight is 425 g/mol.